The first kappa shape index (κ1) is 22.3. The Morgan fingerprint density at radius 1 is 0.909 bits per heavy atom. The number of likely N-dealkylation sites (N-methyl/N-ethyl adjacent to an activating group) is 1. The van der Waals surface area contributed by atoms with Crippen molar-refractivity contribution in [2.45, 2.75) is 12.0 Å². The topological polar surface area (TPSA) is 67.9 Å². The van der Waals surface area contributed by atoms with Crippen molar-refractivity contribution in [2.75, 3.05) is 26.6 Å². The lowest BCUT2D eigenvalue weighted by Gasteiger charge is -2.40. The lowest BCUT2D eigenvalue weighted by molar-refractivity contribution is -0.119. The third kappa shape index (κ3) is 3.88. The fraction of sp³-hybridized carbons (Fsp3) is 0.200. The minimum absolute atomic E-state index is 0.0173. The van der Waals surface area contributed by atoms with Crippen LogP contribution < -0.4 is 14.8 Å². The molecule has 2 amide bonds. The molecule has 0 saturated carbocycles. The van der Waals surface area contributed by atoms with Gasteiger partial charge in [0.1, 0.15) is 11.6 Å². The van der Waals surface area contributed by atoms with Crippen molar-refractivity contribution in [2.24, 2.45) is 0 Å². The van der Waals surface area contributed by atoms with E-state index in [2.05, 4.69) is 5.32 Å². The first-order valence-corrected chi connectivity index (χ1v) is 10.2. The Hall–Kier alpha value is -3.94. The van der Waals surface area contributed by atoms with Crippen LogP contribution in [0, 0.1) is 11.6 Å². The number of hydrogen-bond acceptors (Lipinski definition) is 4. The Kier molecular flexibility index (Phi) is 6.00. The Morgan fingerprint density at radius 2 is 1.52 bits per heavy atom. The smallest absolute Gasteiger partial charge is 0.254 e. The van der Waals surface area contributed by atoms with E-state index in [4.69, 9.17) is 9.47 Å². The number of para-hydroxylation sites is 1. The molecule has 0 fully saturated rings. The van der Waals surface area contributed by atoms with Crippen molar-refractivity contribution in [1.82, 2.24) is 4.90 Å². The molecule has 170 valence electrons. The number of anilines is 1. The number of fused-ring (bicyclic) bond motifs is 1. The molecule has 0 aliphatic carbocycles. The second-order valence-corrected chi connectivity index (χ2v) is 7.62. The molecule has 1 N–H and O–H groups in total. The maximum Gasteiger partial charge on any atom is 0.254 e. The predicted molar refractivity (Wildman–Crippen MR) is 119 cm³/mol. The van der Waals surface area contributed by atoms with E-state index in [9.17, 15) is 18.4 Å². The quantitative estimate of drug-likeness (QED) is 0.618. The van der Waals surface area contributed by atoms with Crippen LogP contribution in [0.2, 0.25) is 0 Å². The molecule has 0 radical (unpaired) electrons. The van der Waals surface area contributed by atoms with Gasteiger partial charge in [-0.2, -0.15) is 0 Å². The largest absolute Gasteiger partial charge is 0.493 e. The van der Waals surface area contributed by atoms with Crippen LogP contribution in [0.5, 0.6) is 11.5 Å². The summed E-state index contributed by atoms with van der Waals surface area (Å²) < 4.78 is 39.8. The highest BCUT2D eigenvalue weighted by molar-refractivity contribution is 6.05. The molecule has 2 atom stereocenters. The third-order valence-electron chi connectivity index (χ3n) is 5.81. The molecule has 3 aromatic carbocycles. The summed E-state index contributed by atoms with van der Waals surface area (Å²) in [6, 6.07) is 13.8. The van der Waals surface area contributed by atoms with Gasteiger partial charge in [-0.1, -0.05) is 30.3 Å². The SMILES string of the molecule is COc1cc2c(cc1OC)[C@@H](C(=O)Nc1ccccc1F)[C@H](c1ccccc1F)N(C)C2=O. The highest BCUT2D eigenvalue weighted by Gasteiger charge is 2.44. The van der Waals surface area contributed by atoms with Crippen LogP contribution >= 0.6 is 0 Å². The van der Waals surface area contributed by atoms with E-state index in [1.165, 1.54) is 68.6 Å². The fourth-order valence-electron chi connectivity index (χ4n) is 4.21. The molecular weight excluding hydrogens is 430 g/mol. The first-order valence-electron chi connectivity index (χ1n) is 10.2. The average Bonchev–Trinajstić information content (AvgIpc) is 2.82. The van der Waals surface area contributed by atoms with Gasteiger partial charge >= 0.3 is 0 Å². The van der Waals surface area contributed by atoms with E-state index < -0.39 is 35.4 Å². The van der Waals surface area contributed by atoms with E-state index in [1.807, 2.05) is 0 Å². The molecule has 0 bridgehead atoms. The number of nitrogens with one attached hydrogen (secondary N) is 1. The molecule has 3 aromatic rings. The summed E-state index contributed by atoms with van der Waals surface area (Å²) in [5.74, 6) is -2.61. The molecule has 1 aliphatic heterocycles. The van der Waals surface area contributed by atoms with Gasteiger partial charge in [0, 0.05) is 18.2 Å². The number of nitrogens with zero attached hydrogens (tertiary/aromatic N) is 1. The molecule has 1 heterocycles. The van der Waals surface area contributed by atoms with Crippen molar-refractivity contribution >= 4 is 17.5 Å². The summed E-state index contributed by atoms with van der Waals surface area (Å²) in [6.07, 6.45) is 0. The van der Waals surface area contributed by atoms with Crippen LogP contribution in [0.3, 0.4) is 0 Å². The lowest BCUT2D eigenvalue weighted by Crippen LogP contribution is -2.44. The number of amides is 2. The molecule has 33 heavy (non-hydrogen) atoms. The van der Waals surface area contributed by atoms with Gasteiger partial charge in [0.2, 0.25) is 5.91 Å². The Morgan fingerprint density at radius 3 is 2.15 bits per heavy atom. The highest BCUT2D eigenvalue weighted by atomic mass is 19.1. The third-order valence-corrected chi connectivity index (χ3v) is 5.81. The molecule has 8 heteroatoms. The number of hydrogen-bond donors (Lipinski definition) is 1. The van der Waals surface area contributed by atoms with Gasteiger partial charge in [0.15, 0.2) is 11.5 Å². The zero-order valence-electron chi connectivity index (χ0n) is 18.3. The summed E-state index contributed by atoms with van der Waals surface area (Å²) in [4.78, 5) is 28.2. The summed E-state index contributed by atoms with van der Waals surface area (Å²) in [5.41, 5.74) is 0.702. The Balaban J connectivity index is 1.92. The van der Waals surface area contributed by atoms with Gasteiger partial charge in [-0.15, -0.1) is 0 Å². The average molecular weight is 452 g/mol. The Bertz CT molecular complexity index is 1230. The second-order valence-electron chi connectivity index (χ2n) is 7.62. The summed E-state index contributed by atoms with van der Waals surface area (Å²) in [6.45, 7) is 0. The van der Waals surface area contributed by atoms with Crippen molar-refractivity contribution in [3.8, 4) is 11.5 Å². The minimum atomic E-state index is -1.06. The van der Waals surface area contributed by atoms with Gasteiger partial charge in [0.05, 0.1) is 31.9 Å². The zero-order valence-corrected chi connectivity index (χ0v) is 18.3. The molecule has 6 nitrogen and oxygen atoms in total. The number of methoxy groups -OCH3 is 2. The minimum Gasteiger partial charge on any atom is -0.493 e. The molecular formula is C25H22F2N2O4. The van der Waals surface area contributed by atoms with Crippen molar-refractivity contribution in [3.63, 3.8) is 0 Å². The van der Waals surface area contributed by atoms with E-state index in [-0.39, 0.29) is 16.8 Å². The van der Waals surface area contributed by atoms with Gasteiger partial charge in [-0.05, 0) is 35.9 Å². The van der Waals surface area contributed by atoms with Crippen LogP contribution in [0.1, 0.15) is 33.4 Å². The standard InChI is InChI=1S/C25H22F2N2O4/c1-29-23(14-8-4-5-9-17(14)26)22(24(30)28-19-11-7-6-10-18(19)27)15-12-20(32-2)21(33-3)13-16(15)25(29)31/h4-13,22-23H,1-3H3,(H,28,30)/t22-,23+/m1/s1. The number of halogens is 2. The summed E-state index contributed by atoms with van der Waals surface area (Å²) in [5, 5.41) is 2.60. The fourth-order valence-corrected chi connectivity index (χ4v) is 4.21. The van der Waals surface area contributed by atoms with Gasteiger partial charge < -0.3 is 19.7 Å². The summed E-state index contributed by atoms with van der Waals surface area (Å²) in [7, 11) is 4.37. The maximum atomic E-state index is 14.9. The highest BCUT2D eigenvalue weighted by Crippen LogP contribution is 2.46. The van der Waals surface area contributed by atoms with Gasteiger partial charge in [0.25, 0.3) is 5.91 Å². The number of rotatable bonds is 5. The molecule has 0 aromatic heterocycles. The second kappa shape index (κ2) is 8.90. The maximum absolute atomic E-state index is 14.9. The number of benzene rings is 3. The van der Waals surface area contributed by atoms with Gasteiger partial charge in [-0.3, -0.25) is 9.59 Å². The Labute approximate surface area is 189 Å². The first-order chi connectivity index (χ1) is 15.9. The summed E-state index contributed by atoms with van der Waals surface area (Å²) >= 11 is 0. The number of carbonyl (C=O) groups excluding carboxylic acids is 2. The molecule has 4 rings (SSSR count). The van der Waals surface area contributed by atoms with E-state index >= 15 is 0 Å². The van der Waals surface area contributed by atoms with E-state index in [0.717, 1.165) is 0 Å². The van der Waals surface area contributed by atoms with Crippen molar-refractivity contribution in [3.05, 3.63) is 89.0 Å². The normalized spacial score (nSPS) is 17.4. The van der Waals surface area contributed by atoms with Crippen LogP contribution in [-0.4, -0.2) is 38.0 Å². The lowest BCUT2D eigenvalue weighted by atomic mass is 9.79. The van der Waals surface area contributed by atoms with E-state index in [0.29, 0.717) is 17.1 Å². The van der Waals surface area contributed by atoms with Crippen LogP contribution in [0.25, 0.3) is 0 Å². The molecule has 1 aliphatic rings. The molecule has 0 spiro atoms. The predicted octanol–water partition coefficient (Wildman–Crippen LogP) is 4.53. The van der Waals surface area contributed by atoms with Crippen LogP contribution in [0.15, 0.2) is 60.7 Å². The van der Waals surface area contributed by atoms with Crippen molar-refractivity contribution in [1.29, 1.82) is 0 Å². The van der Waals surface area contributed by atoms with Crippen LogP contribution in [-0.2, 0) is 4.79 Å². The van der Waals surface area contributed by atoms with Gasteiger partial charge in [-0.25, -0.2) is 8.78 Å². The molecule has 0 unspecified atom stereocenters. The number of ether oxygens (including phenoxy) is 2. The number of carbonyl (C=O) groups is 2. The van der Waals surface area contributed by atoms with E-state index in [1.54, 1.807) is 18.2 Å². The van der Waals surface area contributed by atoms with Crippen LogP contribution in [0.4, 0.5) is 14.5 Å². The molecule has 0 saturated heterocycles. The monoisotopic (exact) mass is 452 g/mol. The zero-order chi connectivity index (χ0) is 23.7. The van der Waals surface area contributed by atoms with Crippen molar-refractivity contribution < 1.29 is 27.8 Å².